The number of nitrogens with one attached hydrogen (secondary N) is 2. The van der Waals surface area contributed by atoms with Crippen LogP contribution < -0.4 is 5.32 Å². The van der Waals surface area contributed by atoms with Crippen LogP contribution in [0.3, 0.4) is 0 Å². The highest BCUT2D eigenvalue weighted by molar-refractivity contribution is 9.10. The third-order valence-electron chi connectivity index (χ3n) is 5.86. The van der Waals surface area contributed by atoms with E-state index >= 15 is 0 Å². The Balaban J connectivity index is 1.45. The van der Waals surface area contributed by atoms with Crippen LogP contribution in [-0.4, -0.2) is 65.2 Å². The summed E-state index contributed by atoms with van der Waals surface area (Å²) >= 11 is 3.52. The van der Waals surface area contributed by atoms with E-state index in [-0.39, 0.29) is 5.88 Å². The Morgan fingerprint density at radius 2 is 2.16 bits per heavy atom. The van der Waals surface area contributed by atoms with E-state index in [1.165, 1.54) is 0 Å². The van der Waals surface area contributed by atoms with Crippen LogP contribution in [0.4, 0.5) is 5.69 Å². The lowest BCUT2D eigenvalue weighted by Gasteiger charge is -2.33. The largest absolute Gasteiger partial charge is 0.494 e. The van der Waals surface area contributed by atoms with Gasteiger partial charge in [0.15, 0.2) is 5.88 Å². The van der Waals surface area contributed by atoms with Crippen molar-refractivity contribution in [3.05, 3.63) is 58.1 Å². The van der Waals surface area contributed by atoms with Crippen molar-refractivity contribution >= 4 is 43.9 Å². The molecule has 0 radical (unpaired) electrons. The number of para-hydroxylation sites is 1. The number of aliphatic imine (C=N–C) groups is 1. The van der Waals surface area contributed by atoms with Gasteiger partial charge in [0.25, 0.3) is 0 Å². The van der Waals surface area contributed by atoms with Crippen LogP contribution in [-0.2, 0) is 4.84 Å². The molecule has 0 spiro atoms. The first-order valence-electron chi connectivity index (χ1n) is 10.5. The van der Waals surface area contributed by atoms with Gasteiger partial charge in [-0.25, -0.2) is 4.99 Å². The number of nitrogens with zero attached hydrogens (tertiary/aromatic N) is 3. The van der Waals surface area contributed by atoms with Crippen LogP contribution in [0.5, 0.6) is 5.88 Å². The molecule has 2 aliphatic rings. The Bertz CT molecular complexity index is 1190. The third-order valence-corrected chi connectivity index (χ3v) is 6.35. The quantitative estimate of drug-likeness (QED) is 0.382. The van der Waals surface area contributed by atoms with Gasteiger partial charge >= 0.3 is 0 Å². The topological polar surface area (TPSA) is 85.2 Å². The van der Waals surface area contributed by atoms with Gasteiger partial charge in [0.1, 0.15) is 18.0 Å². The van der Waals surface area contributed by atoms with Gasteiger partial charge in [0.2, 0.25) is 0 Å². The minimum Gasteiger partial charge on any atom is -0.494 e. The fourth-order valence-electron chi connectivity index (χ4n) is 4.21. The van der Waals surface area contributed by atoms with Gasteiger partial charge in [0.05, 0.1) is 11.3 Å². The SMILES string of the molecule is C[C@H]1CNCCN1CCON=C1C(c2c(O)[nH]c3ccc(Br)cc23)=Nc2ccccc21. The Labute approximate surface area is 188 Å². The summed E-state index contributed by atoms with van der Waals surface area (Å²) in [5, 5.41) is 19.5. The summed E-state index contributed by atoms with van der Waals surface area (Å²) in [6.45, 7) is 6.53. The second kappa shape index (κ2) is 8.45. The highest BCUT2D eigenvalue weighted by Crippen LogP contribution is 2.36. The standard InChI is InChI=1S/C23H24BrN5O2/c1-14-13-25-8-9-29(14)10-11-31-28-21-16-4-2-3-5-18(16)26-22(21)20-17-12-15(24)6-7-19(17)27-23(20)30/h2-7,12,14,25,27,30H,8-11,13H2,1H3/t14-/m0/s1. The van der Waals surface area contributed by atoms with Crippen molar-refractivity contribution < 1.29 is 9.94 Å². The molecule has 2 aromatic carbocycles. The molecule has 31 heavy (non-hydrogen) atoms. The lowest BCUT2D eigenvalue weighted by molar-refractivity contribution is 0.0860. The van der Waals surface area contributed by atoms with Crippen LogP contribution in [0.2, 0.25) is 0 Å². The Hall–Kier alpha value is -2.68. The second-order valence-electron chi connectivity index (χ2n) is 7.88. The zero-order chi connectivity index (χ0) is 21.4. The van der Waals surface area contributed by atoms with Crippen LogP contribution in [0.15, 0.2) is 57.1 Å². The number of H-pyrrole nitrogens is 1. The molecule has 2 aliphatic heterocycles. The van der Waals surface area contributed by atoms with E-state index in [9.17, 15) is 5.11 Å². The number of fused-ring (bicyclic) bond motifs is 2. The molecule has 0 aliphatic carbocycles. The van der Waals surface area contributed by atoms with Crippen LogP contribution in [0, 0.1) is 0 Å². The zero-order valence-corrected chi connectivity index (χ0v) is 18.8. The van der Waals surface area contributed by atoms with Gasteiger partial charge in [-0.05, 0) is 31.2 Å². The fraction of sp³-hybridized carbons (Fsp3) is 0.304. The number of halogens is 1. The summed E-state index contributed by atoms with van der Waals surface area (Å²) in [5.74, 6) is 0.0713. The van der Waals surface area contributed by atoms with Crippen molar-refractivity contribution in [1.29, 1.82) is 0 Å². The molecule has 3 aromatic rings. The summed E-state index contributed by atoms with van der Waals surface area (Å²) < 4.78 is 0.927. The van der Waals surface area contributed by atoms with Crippen LogP contribution >= 0.6 is 15.9 Å². The Morgan fingerprint density at radius 3 is 3.03 bits per heavy atom. The summed E-state index contributed by atoms with van der Waals surface area (Å²) in [5.41, 5.74) is 4.43. The summed E-state index contributed by atoms with van der Waals surface area (Å²) in [6, 6.07) is 14.1. The Kier molecular flexibility index (Phi) is 5.52. The molecule has 0 amide bonds. The molecule has 3 heterocycles. The maximum absolute atomic E-state index is 10.7. The van der Waals surface area contributed by atoms with Gasteiger partial charge in [-0.2, -0.15) is 0 Å². The number of aromatic hydroxyl groups is 1. The predicted octanol–water partition coefficient (Wildman–Crippen LogP) is 3.78. The molecule has 1 aromatic heterocycles. The molecular weight excluding hydrogens is 458 g/mol. The summed E-state index contributed by atoms with van der Waals surface area (Å²) in [7, 11) is 0. The van der Waals surface area contributed by atoms with E-state index in [1.54, 1.807) is 0 Å². The van der Waals surface area contributed by atoms with E-state index < -0.39 is 0 Å². The molecule has 0 saturated carbocycles. The summed E-state index contributed by atoms with van der Waals surface area (Å²) in [6.07, 6.45) is 0. The summed E-state index contributed by atoms with van der Waals surface area (Å²) in [4.78, 5) is 16.0. The molecule has 160 valence electrons. The normalized spacial score (nSPS) is 20.3. The van der Waals surface area contributed by atoms with E-state index in [0.717, 1.165) is 52.8 Å². The van der Waals surface area contributed by atoms with Crippen molar-refractivity contribution in [2.75, 3.05) is 32.8 Å². The van der Waals surface area contributed by atoms with Gasteiger partial charge in [-0.15, -0.1) is 0 Å². The second-order valence-corrected chi connectivity index (χ2v) is 8.79. The number of aromatic nitrogens is 1. The van der Waals surface area contributed by atoms with E-state index in [4.69, 9.17) is 9.83 Å². The molecule has 1 atom stereocenters. The zero-order valence-electron chi connectivity index (χ0n) is 17.2. The van der Waals surface area contributed by atoms with Crippen molar-refractivity contribution in [2.45, 2.75) is 13.0 Å². The number of rotatable bonds is 5. The maximum Gasteiger partial charge on any atom is 0.199 e. The molecule has 0 bridgehead atoms. The van der Waals surface area contributed by atoms with Crippen molar-refractivity contribution in [2.24, 2.45) is 10.1 Å². The minimum atomic E-state index is 0.0713. The minimum absolute atomic E-state index is 0.0713. The Morgan fingerprint density at radius 1 is 1.29 bits per heavy atom. The average Bonchev–Trinajstić information content (AvgIpc) is 3.28. The monoisotopic (exact) mass is 481 g/mol. The highest BCUT2D eigenvalue weighted by atomic mass is 79.9. The van der Waals surface area contributed by atoms with Crippen molar-refractivity contribution in [3.63, 3.8) is 0 Å². The van der Waals surface area contributed by atoms with Crippen molar-refractivity contribution in [3.8, 4) is 5.88 Å². The average molecular weight is 482 g/mol. The van der Waals surface area contributed by atoms with Crippen LogP contribution in [0.1, 0.15) is 18.1 Å². The molecule has 0 unspecified atom stereocenters. The number of hydrogen-bond acceptors (Lipinski definition) is 6. The van der Waals surface area contributed by atoms with E-state index in [0.29, 0.717) is 29.6 Å². The van der Waals surface area contributed by atoms with Gasteiger partial charge < -0.3 is 20.2 Å². The molecule has 8 heteroatoms. The first-order valence-corrected chi connectivity index (χ1v) is 11.2. The van der Waals surface area contributed by atoms with Gasteiger partial charge in [0, 0.05) is 53.2 Å². The third kappa shape index (κ3) is 3.86. The molecule has 7 nitrogen and oxygen atoms in total. The van der Waals surface area contributed by atoms with Crippen molar-refractivity contribution in [1.82, 2.24) is 15.2 Å². The molecule has 5 rings (SSSR count). The lowest BCUT2D eigenvalue weighted by atomic mass is 10.0. The number of aromatic amines is 1. The number of hydrogen-bond donors (Lipinski definition) is 3. The number of piperazine rings is 1. The number of oxime groups is 1. The van der Waals surface area contributed by atoms with E-state index in [2.05, 4.69) is 43.2 Å². The number of benzene rings is 2. The van der Waals surface area contributed by atoms with Crippen LogP contribution in [0.25, 0.3) is 10.9 Å². The highest BCUT2D eigenvalue weighted by Gasteiger charge is 2.29. The van der Waals surface area contributed by atoms with E-state index in [1.807, 2.05) is 42.5 Å². The smallest absolute Gasteiger partial charge is 0.199 e. The fourth-order valence-corrected chi connectivity index (χ4v) is 4.57. The van der Waals surface area contributed by atoms with Gasteiger partial charge in [-0.1, -0.05) is 39.3 Å². The molecule has 3 N–H and O–H groups in total. The molecule has 1 fully saturated rings. The maximum atomic E-state index is 10.7. The molecule has 1 saturated heterocycles. The van der Waals surface area contributed by atoms with Gasteiger partial charge in [-0.3, -0.25) is 4.90 Å². The predicted molar refractivity (Wildman–Crippen MR) is 127 cm³/mol. The first-order chi connectivity index (χ1) is 15.1. The molecular formula is C23H24BrN5O2. The first kappa shape index (κ1) is 20.2. The lowest BCUT2D eigenvalue weighted by Crippen LogP contribution is -2.50.